The molecular weight excluding hydrogens is 294 g/mol. The predicted octanol–water partition coefficient (Wildman–Crippen LogP) is 1.90. The largest absolute Gasteiger partial charge is 0.465 e. The molecule has 1 aliphatic carbocycles. The third kappa shape index (κ3) is 2.81. The van der Waals surface area contributed by atoms with Gasteiger partial charge in [-0.1, -0.05) is 12.8 Å². The van der Waals surface area contributed by atoms with Crippen LogP contribution in [0.4, 0.5) is 0 Å². The Bertz CT molecular complexity index is 910. The Kier molecular flexibility index (Phi) is 3.33. The zero-order chi connectivity index (χ0) is 15.8. The maximum Gasteiger partial charge on any atom is 0.297 e. The quantitative estimate of drug-likeness (QED) is 0.777. The van der Waals surface area contributed by atoms with Gasteiger partial charge in [-0.3, -0.25) is 14.8 Å². The lowest BCUT2D eigenvalue weighted by Gasteiger charge is -2.07. The Hall–Kier alpha value is -2.70. The second-order valence-corrected chi connectivity index (χ2v) is 5.93. The summed E-state index contributed by atoms with van der Waals surface area (Å²) in [5.41, 5.74) is 1.55. The van der Waals surface area contributed by atoms with Crippen LogP contribution in [0.3, 0.4) is 0 Å². The third-order valence-electron chi connectivity index (χ3n) is 4.01. The van der Waals surface area contributed by atoms with Gasteiger partial charge < -0.3 is 9.30 Å². The van der Waals surface area contributed by atoms with E-state index in [0.29, 0.717) is 28.9 Å². The Morgan fingerprint density at radius 2 is 2.26 bits per heavy atom. The third-order valence-corrected chi connectivity index (χ3v) is 4.01. The van der Waals surface area contributed by atoms with Crippen molar-refractivity contribution < 1.29 is 4.74 Å². The summed E-state index contributed by atoms with van der Waals surface area (Å²) >= 11 is 0. The zero-order valence-corrected chi connectivity index (χ0v) is 12.8. The smallest absolute Gasteiger partial charge is 0.297 e. The fraction of sp³-hybridized carbons (Fsp3) is 0.375. The Labute approximate surface area is 132 Å². The highest BCUT2D eigenvalue weighted by Gasteiger charge is 2.21. The van der Waals surface area contributed by atoms with Gasteiger partial charge >= 0.3 is 0 Å². The molecule has 0 unspecified atom stereocenters. The molecule has 0 amide bonds. The van der Waals surface area contributed by atoms with E-state index in [0.717, 1.165) is 12.3 Å². The minimum Gasteiger partial charge on any atom is -0.465 e. The molecule has 0 radical (unpaired) electrons. The molecule has 3 aromatic heterocycles. The van der Waals surface area contributed by atoms with Crippen LogP contribution in [-0.4, -0.2) is 31.1 Å². The lowest BCUT2D eigenvalue weighted by atomic mass is 10.2. The topological polar surface area (TPSA) is 85.7 Å². The average molecular weight is 311 g/mol. The van der Waals surface area contributed by atoms with E-state index in [4.69, 9.17) is 4.74 Å². The highest BCUT2D eigenvalue weighted by atomic mass is 16.5. The average Bonchev–Trinajstić information content (AvgIpc) is 3.26. The summed E-state index contributed by atoms with van der Waals surface area (Å²) in [5, 5.41) is 0.482. The number of rotatable bonds is 5. The molecular formula is C16H17N5O2. The van der Waals surface area contributed by atoms with E-state index in [9.17, 15) is 4.79 Å². The van der Waals surface area contributed by atoms with Crippen molar-refractivity contribution in [2.75, 3.05) is 6.61 Å². The molecule has 1 saturated carbocycles. The van der Waals surface area contributed by atoms with Crippen molar-refractivity contribution in [2.24, 2.45) is 13.0 Å². The molecule has 1 fully saturated rings. The van der Waals surface area contributed by atoms with Gasteiger partial charge in [0.2, 0.25) is 0 Å². The number of aryl methyl sites for hydroxylation is 1. The second-order valence-electron chi connectivity index (χ2n) is 5.93. The van der Waals surface area contributed by atoms with Crippen molar-refractivity contribution in [1.29, 1.82) is 0 Å². The number of hydrogen-bond donors (Lipinski definition) is 1. The molecule has 0 bridgehead atoms. The minimum absolute atomic E-state index is 0.226. The summed E-state index contributed by atoms with van der Waals surface area (Å²) in [6.45, 7) is 0.568. The molecule has 4 rings (SSSR count). The fourth-order valence-corrected chi connectivity index (χ4v) is 2.56. The van der Waals surface area contributed by atoms with Crippen LogP contribution >= 0.6 is 0 Å². The first-order chi connectivity index (χ1) is 11.2. The van der Waals surface area contributed by atoms with Crippen LogP contribution in [0.2, 0.25) is 0 Å². The van der Waals surface area contributed by atoms with Crippen molar-refractivity contribution >= 4 is 10.9 Å². The van der Waals surface area contributed by atoms with Crippen LogP contribution < -0.4 is 10.3 Å². The Balaban J connectivity index is 1.74. The van der Waals surface area contributed by atoms with Crippen LogP contribution in [0, 0.1) is 5.92 Å². The maximum absolute atomic E-state index is 12.3. The van der Waals surface area contributed by atoms with Crippen molar-refractivity contribution in [3.8, 4) is 17.4 Å². The number of pyridine rings is 1. The number of H-pyrrole nitrogens is 1. The Morgan fingerprint density at radius 1 is 1.39 bits per heavy atom. The minimum atomic E-state index is -0.226. The van der Waals surface area contributed by atoms with Crippen LogP contribution in [0.25, 0.3) is 22.3 Å². The van der Waals surface area contributed by atoms with Gasteiger partial charge in [0.25, 0.3) is 11.6 Å². The SMILES string of the molecule is Cn1cnc(-c2nccc3c(=O)[nH]c(OCCC4CC4)nc23)c1. The molecule has 0 saturated heterocycles. The van der Waals surface area contributed by atoms with Crippen LogP contribution in [0.1, 0.15) is 19.3 Å². The number of fused-ring (bicyclic) bond motifs is 1. The highest BCUT2D eigenvalue weighted by Crippen LogP contribution is 2.32. The summed E-state index contributed by atoms with van der Waals surface area (Å²) in [5.74, 6) is 0.771. The number of aromatic nitrogens is 5. The van der Waals surface area contributed by atoms with E-state index in [1.54, 1.807) is 18.6 Å². The van der Waals surface area contributed by atoms with Gasteiger partial charge in [-0.15, -0.1) is 0 Å². The van der Waals surface area contributed by atoms with E-state index < -0.39 is 0 Å². The number of nitrogens with zero attached hydrogens (tertiary/aromatic N) is 4. The molecule has 0 aromatic carbocycles. The molecule has 3 aromatic rings. The first kappa shape index (κ1) is 13.9. The zero-order valence-electron chi connectivity index (χ0n) is 12.8. The number of hydrogen-bond acceptors (Lipinski definition) is 5. The highest BCUT2D eigenvalue weighted by molar-refractivity contribution is 5.89. The molecule has 7 heteroatoms. The second kappa shape index (κ2) is 5.49. The van der Waals surface area contributed by atoms with Crippen LogP contribution in [0.15, 0.2) is 29.6 Å². The molecule has 118 valence electrons. The van der Waals surface area contributed by atoms with Crippen molar-refractivity contribution in [3.63, 3.8) is 0 Å². The predicted molar refractivity (Wildman–Crippen MR) is 85.2 cm³/mol. The number of imidazole rings is 1. The summed E-state index contributed by atoms with van der Waals surface area (Å²) in [4.78, 5) is 28.0. The molecule has 7 nitrogen and oxygen atoms in total. The van der Waals surface area contributed by atoms with Crippen LogP contribution in [-0.2, 0) is 7.05 Å². The summed E-state index contributed by atoms with van der Waals surface area (Å²) in [6, 6.07) is 1.90. The Morgan fingerprint density at radius 3 is 3.00 bits per heavy atom. The number of aromatic amines is 1. The van der Waals surface area contributed by atoms with Gasteiger partial charge in [0, 0.05) is 19.4 Å². The van der Waals surface area contributed by atoms with Crippen molar-refractivity contribution in [1.82, 2.24) is 24.5 Å². The van der Waals surface area contributed by atoms with Gasteiger partial charge in [0.15, 0.2) is 0 Å². The lowest BCUT2D eigenvalue weighted by molar-refractivity contribution is 0.280. The first-order valence-electron chi connectivity index (χ1n) is 7.71. The molecule has 23 heavy (non-hydrogen) atoms. The number of ether oxygens (including phenoxy) is 1. The van der Waals surface area contributed by atoms with E-state index in [2.05, 4.69) is 19.9 Å². The van der Waals surface area contributed by atoms with Gasteiger partial charge in [0.1, 0.15) is 16.9 Å². The van der Waals surface area contributed by atoms with Gasteiger partial charge in [-0.05, 0) is 18.4 Å². The fourth-order valence-electron chi connectivity index (χ4n) is 2.56. The molecule has 1 aliphatic rings. The lowest BCUT2D eigenvalue weighted by Crippen LogP contribution is -2.12. The summed E-state index contributed by atoms with van der Waals surface area (Å²) < 4.78 is 7.45. The molecule has 0 atom stereocenters. The van der Waals surface area contributed by atoms with E-state index in [1.165, 1.54) is 12.8 Å². The monoisotopic (exact) mass is 311 g/mol. The molecule has 1 N–H and O–H groups in total. The van der Waals surface area contributed by atoms with Crippen LogP contribution in [0.5, 0.6) is 6.01 Å². The van der Waals surface area contributed by atoms with Gasteiger partial charge in [-0.25, -0.2) is 4.98 Å². The maximum atomic E-state index is 12.3. The van der Waals surface area contributed by atoms with Gasteiger partial charge in [-0.2, -0.15) is 4.98 Å². The summed E-state index contributed by atoms with van der Waals surface area (Å²) in [7, 11) is 1.88. The first-order valence-corrected chi connectivity index (χ1v) is 7.71. The number of nitrogens with one attached hydrogen (secondary N) is 1. The van der Waals surface area contributed by atoms with E-state index in [1.807, 2.05) is 17.8 Å². The molecule has 0 spiro atoms. The summed E-state index contributed by atoms with van der Waals surface area (Å²) in [6.07, 6.45) is 8.69. The van der Waals surface area contributed by atoms with Crippen molar-refractivity contribution in [3.05, 3.63) is 35.1 Å². The van der Waals surface area contributed by atoms with E-state index >= 15 is 0 Å². The standard InChI is InChI=1S/C16H17N5O2/c1-21-8-12(18-9-21)14-13-11(4-6-17-14)15(22)20-16(19-13)23-7-5-10-2-3-10/h4,6,8-10H,2-3,5,7H2,1H3,(H,19,20,22). The molecule has 0 aliphatic heterocycles. The van der Waals surface area contributed by atoms with Gasteiger partial charge in [0.05, 0.1) is 18.3 Å². The normalized spacial score (nSPS) is 14.3. The van der Waals surface area contributed by atoms with Crippen molar-refractivity contribution in [2.45, 2.75) is 19.3 Å². The molecule has 3 heterocycles. The van der Waals surface area contributed by atoms with E-state index in [-0.39, 0.29) is 11.6 Å².